The zero-order chi connectivity index (χ0) is 23.0. The van der Waals surface area contributed by atoms with Crippen LogP contribution in [0.5, 0.6) is 0 Å². The number of carbonyl (C=O) groups is 1. The number of rotatable bonds is 9. The van der Waals surface area contributed by atoms with Gasteiger partial charge in [0.05, 0.1) is 13.2 Å². The average molecular weight is 444 g/mol. The molecule has 2 aromatic carbocycles. The molecule has 0 N–H and O–H groups in total. The van der Waals surface area contributed by atoms with Gasteiger partial charge in [0.2, 0.25) is 0 Å². The monoisotopic (exact) mass is 443 g/mol. The van der Waals surface area contributed by atoms with Crippen LogP contribution in [0.1, 0.15) is 43.9 Å². The molecule has 0 atom stereocenters. The molecule has 172 valence electrons. The summed E-state index contributed by atoms with van der Waals surface area (Å²) in [7, 11) is 0. The maximum atomic E-state index is 13.4. The SMILES string of the molecule is CCOC(=O)/C=C/C1(C)CCN(CCOC(c2ccc(F)cc2)c2ccc(F)cc2)CC1. The van der Waals surface area contributed by atoms with Crippen LogP contribution < -0.4 is 0 Å². The van der Waals surface area contributed by atoms with Crippen LogP contribution in [0.2, 0.25) is 0 Å². The molecule has 0 bridgehead atoms. The first kappa shape index (κ1) is 24.1. The van der Waals surface area contributed by atoms with Crippen molar-refractivity contribution in [3.05, 3.63) is 83.4 Å². The number of allylic oxidation sites excluding steroid dienone is 1. The first-order valence-corrected chi connectivity index (χ1v) is 11.1. The van der Waals surface area contributed by atoms with Crippen molar-refractivity contribution < 1.29 is 23.0 Å². The molecule has 3 rings (SSSR count). The van der Waals surface area contributed by atoms with Crippen LogP contribution in [-0.4, -0.2) is 43.7 Å². The van der Waals surface area contributed by atoms with Crippen LogP contribution >= 0.6 is 0 Å². The van der Waals surface area contributed by atoms with Crippen LogP contribution in [0.4, 0.5) is 8.78 Å². The topological polar surface area (TPSA) is 38.8 Å². The minimum Gasteiger partial charge on any atom is -0.463 e. The van der Waals surface area contributed by atoms with Gasteiger partial charge in [0.1, 0.15) is 17.7 Å². The number of piperidine rings is 1. The number of benzene rings is 2. The molecule has 1 fully saturated rings. The first-order valence-electron chi connectivity index (χ1n) is 11.1. The van der Waals surface area contributed by atoms with E-state index in [1.807, 2.05) is 6.08 Å². The number of carbonyl (C=O) groups excluding carboxylic acids is 1. The fourth-order valence-electron chi connectivity index (χ4n) is 3.87. The lowest BCUT2D eigenvalue weighted by atomic mass is 9.80. The van der Waals surface area contributed by atoms with E-state index in [0.717, 1.165) is 43.6 Å². The number of ether oxygens (including phenoxy) is 2. The molecule has 2 aromatic rings. The summed E-state index contributed by atoms with van der Waals surface area (Å²) in [6, 6.07) is 12.4. The highest BCUT2D eigenvalue weighted by Crippen LogP contribution is 2.32. The molecule has 1 saturated heterocycles. The Hall–Kier alpha value is -2.57. The van der Waals surface area contributed by atoms with E-state index in [0.29, 0.717) is 13.2 Å². The molecule has 6 heteroatoms. The van der Waals surface area contributed by atoms with Gasteiger partial charge in [-0.05, 0) is 73.7 Å². The molecule has 1 aliphatic heterocycles. The Balaban J connectivity index is 1.54. The van der Waals surface area contributed by atoms with Crippen molar-refractivity contribution in [2.24, 2.45) is 5.41 Å². The van der Waals surface area contributed by atoms with Gasteiger partial charge in [-0.3, -0.25) is 0 Å². The number of hydrogen-bond acceptors (Lipinski definition) is 4. The summed E-state index contributed by atoms with van der Waals surface area (Å²) in [5.41, 5.74) is 1.64. The van der Waals surface area contributed by atoms with E-state index in [1.165, 1.54) is 30.3 Å². The molecular weight excluding hydrogens is 412 g/mol. The second-order valence-corrected chi connectivity index (χ2v) is 8.43. The summed E-state index contributed by atoms with van der Waals surface area (Å²) in [6.45, 7) is 7.41. The molecule has 0 amide bonds. The van der Waals surface area contributed by atoms with E-state index in [1.54, 1.807) is 31.2 Å². The molecule has 1 heterocycles. The van der Waals surface area contributed by atoms with E-state index in [9.17, 15) is 13.6 Å². The Morgan fingerprint density at radius 3 is 2.06 bits per heavy atom. The van der Waals surface area contributed by atoms with Crippen molar-refractivity contribution in [3.63, 3.8) is 0 Å². The fourth-order valence-corrected chi connectivity index (χ4v) is 3.87. The zero-order valence-corrected chi connectivity index (χ0v) is 18.7. The molecule has 1 aliphatic rings. The summed E-state index contributed by atoms with van der Waals surface area (Å²) in [5, 5.41) is 0. The van der Waals surface area contributed by atoms with Gasteiger partial charge in [-0.15, -0.1) is 0 Å². The van der Waals surface area contributed by atoms with E-state index in [4.69, 9.17) is 9.47 Å². The van der Waals surface area contributed by atoms with Gasteiger partial charge >= 0.3 is 5.97 Å². The lowest BCUT2D eigenvalue weighted by Gasteiger charge is -2.37. The fraction of sp³-hybridized carbons (Fsp3) is 0.423. The van der Waals surface area contributed by atoms with Gasteiger partial charge in [-0.1, -0.05) is 37.3 Å². The van der Waals surface area contributed by atoms with Crippen molar-refractivity contribution in [2.75, 3.05) is 32.8 Å². The Kier molecular flexibility index (Phi) is 8.53. The predicted molar refractivity (Wildman–Crippen MR) is 120 cm³/mol. The van der Waals surface area contributed by atoms with Crippen LogP contribution in [0.3, 0.4) is 0 Å². The largest absolute Gasteiger partial charge is 0.463 e. The quantitative estimate of drug-likeness (QED) is 0.390. The molecule has 0 aromatic heterocycles. The van der Waals surface area contributed by atoms with E-state index < -0.39 is 6.10 Å². The van der Waals surface area contributed by atoms with Gasteiger partial charge < -0.3 is 14.4 Å². The van der Waals surface area contributed by atoms with Crippen molar-refractivity contribution in [2.45, 2.75) is 32.8 Å². The molecule has 0 unspecified atom stereocenters. The van der Waals surface area contributed by atoms with Crippen LogP contribution in [0, 0.1) is 17.0 Å². The standard InChI is InChI=1S/C26H31F2NO3/c1-3-31-24(30)12-13-26(2)14-16-29(17-15-26)18-19-32-25(20-4-8-22(27)9-5-20)21-6-10-23(28)11-7-21/h4-13,25H,3,14-19H2,1-2H3/b13-12+. The highest BCUT2D eigenvalue weighted by molar-refractivity contribution is 5.82. The van der Waals surface area contributed by atoms with Crippen LogP contribution in [-0.2, 0) is 14.3 Å². The van der Waals surface area contributed by atoms with Crippen LogP contribution in [0.25, 0.3) is 0 Å². The minimum atomic E-state index is -0.390. The molecule has 0 saturated carbocycles. The van der Waals surface area contributed by atoms with Gasteiger partial charge in [-0.2, -0.15) is 0 Å². The van der Waals surface area contributed by atoms with Gasteiger partial charge in [0, 0.05) is 12.6 Å². The molecule has 4 nitrogen and oxygen atoms in total. The number of likely N-dealkylation sites (tertiary alicyclic amines) is 1. The molecular formula is C26H31F2NO3. The second-order valence-electron chi connectivity index (χ2n) is 8.43. The first-order chi connectivity index (χ1) is 15.4. The minimum absolute atomic E-state index is 0.0190. The highest BCUT2D eigenvalue weighted by Gasteiger charge is 2.28. The third kappa shape index (κ3) is 6.97. The number of nitrogens with zero attached hydrogens (tertiary/aromatic N) is 1. The lowest BCUT2D eigenvalue weighted by Crippen LogP contribution is -2.39. The van der Waals surface area contributed by atoms with Gasteiger partial charge in [0.15, 0.2) is 0 Å². The Bertz CT molecular complexity index is 843. The normalized spacial score (nSPS) is 16.5. The van der Waals surface area contributed by atoms with Crippen molar-refractivity contribution in [3.8, 4) is 0 Å². The van der Waals surface area contributed by atoms with E-state index in [2.05, 4.69) is 11.8 Å². The second kappa shape index (κ2) is 11.3. The van der Waals surface area contributed by atoms with Gasteiger partial charge in [-0.25, -0.2) is 13.6 Å². The Labute approximate surface area is 188 Å². The summed E-state index contributed by atoms with van der Waals surface area (Å²) in [6.07, 6.45) is 5.01. The van der Waals surface area contributed by atoms with Crippen LogP contribution in [0.15, 0.2) is 60.7 Å². The molecule has 32 heavy (non-hydrogen) atoms. The predicted octanol–water partition coefficient (Wildman–Crippen LogP) is 5.29. The Morgan fingerprint density at radius 2 is 1.56 bits per heavy atom. The maximum Gasteiger partial charge on any atom is 0.330 e. The maximum absolute atomic E-state index is 13.4. The molecule has 0 radical (unpaired) electrons. The third-order valence-electron chi connectivity index (χ3n) is 5.94. The van der Waals surface area contributed by atoms with Gasteiger partial charge in [0.25, 0.3) is 0 Å². The number of hydrogen-bond donors (Lipinski definition) is 0. The summed E-state index contributed by atoms with van der Waals surface area (Å²) in [4.78, 5) is 13.9. The Morgan fingerprint density at radius 1 is 1.03 bits per heavy atom. The summed E-state index contributed by atoms with van der Waals surface area (Å²) >= 11 is 0. The molecule has 0 spiro atoms. The average Bonchev–Trinajstić information content (AvgIpc) is 2.79. The van der Waals surface area contributed by atoms with Crippen molar-refractivity contribution in [1.29, 1.82) is 0 Å². The molecule has 0 aliphatic carbocycles. The number of esters is 1. The zero-order valence-electron chi connectivity index (χ0n) is 18.7. The summed E-state index contributed by atoms with van der Waals surface area (Å²) < 4.78 is 37.9. The number of halogens is 2. The van der Waals surface area contributed by atoms with Crippen molar-refractivity contribution in [1.82, 2.24) is 4.90 Å². The third-order valence-corrected chi connectivity index (χ3v) is 5.94. The van der Waals surface area contributed by atoms with E-state index in [-0.39, 0.29) is 23.0 Å². The van der Waals surface area contributed by atoms with E-state index >= 15 is 0 Å². The summed E-state index contributed by atoms with van der Waals surface area (Å²) in [5.74, 6) is -0.905. The highest BCUT2D eigenvalue weighted by atomic mass is 19.1. The van der Waals surface area contributed by atoms with Crippen molar-refractivity contribution >= 4 is 5.97 Å². The lowest BCUT2D eigenvalue weighted by molar-refractivity contribution is -0.137. The smallest absolute Gasteiger partial charge is 0.330 e.